The molecule has 1 aliphatic carbocycles. The van der Waals surface area contributed by atoms with Crippen molar-refractivity contribution >= 4 is 21.7 Å². The highest BCUT2D eigenvalue weighted by molar-refractivity contribution is 9.10. The molecule has 0 unspecified atom stereocenters. The van der Waals surface area contributed by atoms with Crippen LogP contribution < -0.4 is 0 Å². The second-order valence-electron chi connectivity index (χ2n) is 3.46. The first-order valence-electron chi connectivity index (χ1n) is 4.71. The second kappa shape index (κ2) is 4.13. The Morgan fingerprint density at radius 1 is 1.57 bits per heavy atom. The molecule has 0 N–H and O–H groups in total. The molecule has 0 spiro atoms. The van der Waals surface area contributed by atoms with Crippen LogP contribution in [0.15, 0.2) is 33.1 Å². The summed E-state index contributed by atoms with van der Waals surface area (Å²) in [5, 5.41) is 0. The summed E-state index contributed by atoms with van der Waals surface area (Å²) < 4.78 is 5.57. The molecule has 0 amide bonds. The third-order valence-electron chi connectivity index (χ3n) is 2.44. The first-order valence-corrected chi connectivity index (χ1v) is 5.51. The number of carbonyl (C=O) groups excluding carboxylic acids is 1. The fraction of sp³-hybridized carbons (Fsp3) is 0.364. The number of hydrogen-bond acceptors (Lipinski definition) is 2. The van der Waals surface area contributed by atoms with Crippen molar-refractivity contribution in [2.24, 2.45) is 0 Å². The van der Waals surface area contributed by atoms with Gasteiger partial charge in [0.25, 0.3) is 0 Å². The standard InChI is InChI=1S/C11H11BrO2/c12-11-9(5-6-14-11)10(13)7-8-3-1-2-4-8/h3,5-6H,1-2,4,7H2. The monoisotopic (exact) mass is 254 g/mol. The van der Waals surface area contributed by atoms with Gasteiger partial charge in [0.1, 0.15) is 0 Å². The van der Waals surface area contributed by atoms with Crippen LogP contribution in [0.1, 0.15) is 36.0 Å². The van der Waals surface area contributed by atoms with Crippen LogP contribution in [0, 0.1) is 0 Å². The molecule has 0 saturated carbocycles. The van der Waals surface area contributed by atoms with E-state index in [0.29, 0.717) is 16.7 Å². The zero-order valence-electron chi connectivity index (χ0n) is 7.75. The highest BCUT2D eigenvalue weighted by Crippen LogP contribution is 2.25. The van der Waals surface area contributed by atoms with Gasteiger partial charge >= 0.3 is 0 Å². The van der Waals surface area contributed by atoms with E-state index in [1.54, 1.807) is 6.07 Å². The van der Waals surface area contributed by atoms with E-state index >= 15 is 0 Å². The van der Waals surface area contributed by atoms with Crippen molar-refractivity contribution in [3.8, 4) is 0 Å². The molecule has 2 nitrogen and oxygen atoms in total. The molecular formula is C11H11BrO2. The number of Topliss-reactive ketones (excluding diaryl/α,β-unsaturated/α-hetero) is 1. The van der Waals surface area contributed by atoms with E-state index in [-0.39, 0.29) is 5.78 Å². The Kier molecular flexibility index (Phi) is 2.87. The maximum atomic E-state index is 11.8. The van der Waals surface area contributed by atoms with Gasteiger partial charge < -0.3 is 4.42 Å². The van der Waals surface area contributed by atoms with Gasteiger partial charge in [0.05, 0.1) is 11.8 Å². The zero-order valence-corrected chi connectivity index (χ0v) is 9.34. The Hall–Kier alpha value is -0.830. The number of halogens is 1. The fourth-order valence-corrected chi connectivity index (χ4v) is 2.15. The summed E-state index contributed by atoms with van der Waals surface area (Å²) in [4.78, 5) is 11.8. The van der Waals surface area contributed by atoms with Gasteiger partial charge in [-0.25, -0.2) is 0 Å². The minimum Gasteiger partial charge on any atom is -0.457 e. The number of allylic oxidation sites excluding steroid dienone is 2. The van der Waals surface area contributed by atoms with Gasteiger partial charge in [-0.15, -0.1) is 0 Å². The van der Waals surface area contributed by atoms with Crippen molar-refractivity contribution in [2.75, 3.05) is 0 Å². The van der Waals surface area contributed by atoms with E-state index in [1.165, 1.54) is 18.3 Å². The molecule has 0 aliphatic heterocycles. The summed E-state index contributed by atoms with van der Waals surface area (Å²) in [5.74, 6) is 0.138. The first-order chi connectivity index (χ1) is 6.77. The van der Waals surface area contributed by atoms with Crippen molar-refractivity contribution in [3.63, 3.8) is 0 Å². The molecule has 1 aromatic heterocycles. The van der Waals surface area contributed by atoms with E-state index in [9.17, 15) is 4.79 Å². The fourth-order valence-electron chi connectivity index (χ4n) is 1.69. The van der Waals surface area contributed by atoms with Gasteiger partial charge in [-0.2, -0.15) is 0 Å². The van der Waals surface area contributed by atoms with Crippen LogP contribution in [0.3, 0.4) is 0 Å². The van der Waals surface area contributed by atoms with Crippen LogP contribution in [-0.4, -0.2) is 5.78 Å². The van der Waals surface area contributed by atoms with E-state index in [0.717, 1.165) is 12.8 Å². The molecule has 2 rings (SSSR count). The third kappa shape index (κ3) is 1.98. The van der Waals surface area contributed by atoms with E-state index in [1.807, 2.05) is 0 Å². The minimum atomic E-state index is 0.138. The maximum absolute atomic E-state index is 11.8. The summed E-state index contributed by atoms with van der Waals surface area (Å²) in [5.41, 5.74) is 1.92. The summed E-state index contributed by atoms with van der Waals surface area (Å²) >= 11 is 3.21. The molecule has 74 valence electrons. The molecular weight excluding hydrogens is 244 g/mol. The summed E-state index contributed by atoms with van der Waals surface area (Å²) in [6.07, 6.45) is 7.62. The lowest BCUT2D eigenvalue weighted by Crippen LogP contribution is -1.99. The van der Waals surface area contributed by atoms with Gasteiger partial charge in [0.2, 0.25) is 0 Å². The first kappa shape index (κ1) is 9.71. The van der Waals surface area contributed by atoms with Crippen molar-refractivity contribution in [1.29, 1.82) is 0 Å². The second-order valence-corrected chi connectivity index (χ2v) is 4.18. The van der Waals surface area contributed by atoms with Crippen molar-refractivity contribution in [1.82, 2.24) is 0 Å². The molecule has 1 aromatic rings. The van der Waals surface area contributed by atoms with E-state index in [4.69, 9.17) is 4.42 Å². The van der Waals surface area contributed by atoms with Gasteiger partial charge in [-0.1, -0.05) is 11.6 Å². The van der Waals surface area contributed by atoms with Crippen molar-refractivity contribution in [3.05, 3.63) is 34.2 Å². The Bertz CT molecular complexity index is 376. The number of rotatable bonds is 3. The molecule has 0 radical (unpaired) electrons. The smallest absolute Gasteiger partial charge is 0.179 e. The van der Waals surface area contributed by atoms with Crippen LogP contribution in [0.4, 0.5) is 0 Å². The molecule has 0 saturated heterocycles. The summed E-state index contributed by atoms with van der Waals surface area (Å²) in [6, 6.07) is 1.71. The van der Waals surface area contributed by atoms with Gasteiger partial charge in [-0.3, -0.25) is 4.79 Å². The lowest BCUT2D eigenvalue weighted by atomic mass is 10.1. The molecule has 0 atom stereocenters. The molecule has 0 fully saturated rings. The maximum Gasteiger partial charge on any atom is 0.179 e. The summed E-state index contributed by atoms with van der Waals surface area (Å²) in [7, 11) is 0. The van der Waals surface area contributed by atoms with Crippen LogP contribution >= 0.6 is 15.9 Å². The Balaban J connectivity index is 2.06. The topological polar surface area (TPSA) is 30.2 Å². The average molecular weight is 255 g/mol. The zero-order chi connectivity index (χ0) is 9.97. The Morgan fingerprint density at radius 2 is 2.43 bits per heavy atom. The third-order valence-corrected chi connectivity index (χ3v) is 3.06. The molecule has 0 aromatic carbocycles. The van der Waals surface area contributed by atoms with Crippen LogP contribution in [-0.2, 0) is 0 Å². The van der Waals surface area contributed by atoms with E-state index in [2.05, 4.69) is 22.0 Å². The number of furan rings is 1. The quantitative estimate of drug-likeness (QED) is 0.608. The predicted octanol–water partition coefficient (Wildman–Crippen LogP) is 3.73. The number of carbonyl (C=O) groups is 1. The number of hydrogen-bond donors (Lipinski definition) is 0. The van der Waals surface area contributed by atoms with Crippen LogP contribution in [0.2, 0.25) is 0 Å². The highest BCUT2D eigenvalue weighted by Gasteiger charge is 2.15. The van der Waals surface area contributed by atoms with Crippen LogP contribution in [0.5, 0.6) is 0 Å². The lowest BCUT2D eigenvalue weighted by Gasteiger charge is -1.99. The molecule has 1 aliphatic rings. The van der Waals surface area contributed by atoms with Gasteiger partial charge in [0.15, 0.2) is 10.5 Å². The largest absolute Gasteiger partial charge is 0.457 e. The molecule has 14 heavy (non-hydrogen) atoms. The Morgan fingerprint density at radius 3 is 3.00 bits per heavy atom. The Labute approximate surface area is 91.1 Å². The lowest BCUT2D eigenvalue weighted by molar-refractivity contribution is 0.0990. The number of ketones is 1. The minimum absolute atomic E-state index is 0.138. The van der Waals surface area contributed by atoms with E-state index < -0.39 is 0 Å². The molecule has 3 heteroatoms. The SMILES string of the molecule is O=C(CC1=CCCC1)c1ccoc1Br. The summed E-state index contributed by atoms with van der Waals surface area (Å²) in [6.45, 7) is 0. The highest BCUT2D eigenvalue weighted by atomic mass is 79.9. The normalized spacial score (nSPS) is 15.6. The average Bonchev–Trinajstić information content (AvgIpc) is 2.75. The van der Waals surface area contributed by atoms with Crippen molar-refractivity contribution in [2.45, 2.75) is 25.7 Å². The van der Waals surface area contributed by atoms with Gasteiger partial charge in [0, 0.05) is 6.42 Å². The van der Waals surface area contributed by atoms with Crippen molar-refractivity contribution < 1.29 is 9.21 Å². The van der Waals surface area contributed by atoms with Gasteiger partial charge in [-0.05, 0) is 41.3 Å². The molecule has 0 bridgehead atoms. The van der Waals surface area contributed by atoms with Crippen LogP contribution in [0.25, 0.3) is 0 Å². The predicted molar refractivity (Wildman–Crippen MR) is 57.3 cm³/mol. The molecule has 1 heterocycles.